The van der Waals surface area contributed by atoms with Gasteiger partial charge < -0.3 is 16.2 Å². The third kappa shape index (κ3) is 2.96. The van der Waals surface area contributed by atoms with E-state index in [9.17, 15) is 4.79 Å². The first-order valence-electron chi connectivity index (χ1n) is 5.30. The van der Waals surface area contributed by atoms with E-state index < -0.39 is 0 Å². The molecule has 0 aromatic heterocycles. The first kappa shape index (κ1) is 11.5. The monoisotopic (exact) mass is 200 g/mol. The fraction of sp³-hybridized carbons (Fsp3) is 0.900. The standard InChI is InChI=1S/C10H20N2O2/c11-7-9(14)12-8-10(5-6-13)3-1-2-4-10/h13H,1-8,11H2,(H,12,14). The molecule has 0 aromatic carbocycles. The summed E-state index contributed by atoms with van der Waals surface area (Å²) in [5.41, 5.74) is 5.35. The van der Waals surface area contributed by atoms with Crippen molar-refractivity contribution in [1.29, 1.82) is 0 Å². The predicted molar refractivity (Wildman–Crippen MR) is 54.7 cm³/mol. The Labute approximate surface area is 84.9 Å². The van der Waals surface area contributed by atoms with Crippen LogP contribution in [0.4, 0.5) is 0 Å². The Morgan fingerprint density at radius 3 is 2.57 bits per heavy atom. The van der Waals surface area contributed by atoms with Gasteiger partial charge in [-0.05, 0) is 24.7 Å². The summed E-state index contributed by atoms with van der Waals surface area (Å²) in [6.07, 6.45) is 5.42. The van der Waals surface area contributed by atoms with Crippen LogP contribution in [0.15, 0.2) is 0 Å². The molecule has 4 N–H and O–H groups in total. The summed E-state index contributed by atoms with van der Waals surface area (Å²) in [6, 6.07) is 0. The van der Waals surface area contributed by atoms with Gasteiger partial charge in [-0.2, -0.15) is 0 Å². The zero-order valence-electron chi connectivity index (χ0n) is 8.59. The van der Waals surface area contributed by atoms with Crippen molar-refractivity contribution in [3.63, 3.8) is 0 Å². The van der Waals surface area contributed by atoms with Gasteiger partial charge in [0, 0.05) is 13.2 Å². The highest BCUT2D eigenvalue weighted by Crippen LogP contribution is 2.40. The van der Waals surface area contributed by atoms with Crippen LogP contribution in [0.2, 0.25) is 0 Å². The normalized spacial score (nSPS) is 19.6. The number of carbonyl (C=O) groups is 1. The van der Waals surface area contributed by atoms with Crippen molar-refractivity contribution >= 4 is 5.91 Å². The molecule has 1 aliphatic carbocycles. The fourth-order valence-corrected chi connectivity index (χ4v) is 2.24. The number of aliphatic hydroxyl groups is 1. The van der Waals surface area contributed by atoms with E-state index in [1.165, 1.54) is 12.8 Å². The lowest BCUT2D eigenvalue weighted by molar-refractivity contribution is -0.120. The Hall–Kier alpha value is -0.610. The summed E-state index contributed by atoms with van der Waals surface area (Å²) in [4.78, 5) is 11.0. The van der Waals surface area contributed by atoms with Crippen molar-refractivity contribution in [2.45, 2.75) is 32.1 Å². The molecular formula is C10H20N2O2. The minimum atomic E-state index is -0.103. The predicted octanol–water partition coefficient (Wildman–Crippen LogP) is 0.00410. The van der Waals surface area contributed by atoms with Crippen molar-refractivity contribution in [2.24, 2.45) is 11.1 Å². The summed E-state index contributed by atoms with van der Waals surface area (Å²) in [5, 5.41) is 11.8. The number of nitrogens with one attached hydrogen (secondary N) is 1. The average molecular weight is 200 g/mol. The quantitative estimate of drug-likeness (QED) is 0.585. The van der Waals surface area contributed by atoms with E-state index in [4.69, 9.17) is 10.8 Å². The molecule has 0 atom stereocenters. The van der Waals surface area contributed by atoms with Gasteiger partial charge in [-0.3, -0.25) is 4.79 Å². The Bertz CT molecular complexity index is 189. The lowest BCUT2D eigenvalue weighted by Crippen LogP contribution is -2.39. The number of rotatable bonds is 5. The molecule has 4 nitrogen and oxygen atoms in total. The van der Waals surface area contributed by atoms with E-state index in [-0.39, 0.29) is 24.5 Å². The van der Waals surface area contributed by atoms with Crippen LogP contribution in [-0.2, 0) is 4.79 Å². The van der Waals surface area contributed by atoms with Gasteiger partial charge in [-0.15, -0.1) is 0 Å². The van der Waals surface area contributed by atoms with Gasteiger partial charge in [0.15, 0.2) is 0 Å². The maximum absolute atomic E-state index is 11.0. The van der Waals surface area contributed by atoms with Crippen LogP contribution in [-0.4, -0.2) is 30.7 Å². The Morgan fingerprint density at radius 2 is 2.07 bits per heavy atom. The van der Waals surface area contributed by atoms with Crippen LogP contribution in [0.3, 0.4) is 0 Å². The largest absolute Gasteiger partial charge is 0.396 e. The number of aliphatic hydroxyl groups excluding tert-OH is 1. The molecule has 0 aliphatic heterocycles. The van der Waals surface area contributed by atoms with E-state index in [1.54, 1.807) is 0 Å². The maximum Gasteiger partial charge on any atom is 0.233 e. The minimum Gasteiger partial charge on any atom is -0.396 e. The van der Waals surface area contributed by atoms with Crippen LogP contribution in [0.5, 0.6) is 0 Å². The van der Waals surface area contributed by atoms with E-state index >= 15 is 0 Å². The van der Waals surface area contributed by atoms with Gasteiger partial charge in [0.05, 0.1) is 6.54 Å². The molecule has 0 saturated heterocycles. The van der Waals surface area contributed by atoms with Crippen molar-refractivity contribution in [3.05, 3.63) is 0 Å². The summed E-state index contributed by atoms with van der Waals surface area (Å²) in [6.45, 7) is 0.928. The second-order valence-corrected chi connectivity index (χ2v) is 4.16. The molecule has 0 bridgehead atoms. The molecular weight excluding hydrogens is 180 g/mol. The average Bonchev–Trinajstić information content (AvgIpc) is 2.64. The molecule has 1 fully saturated rings. The van der Waals surface area contributed by atoms with Gasteiger partial charge in [-0.25, -0.2) is 0 Å². The van der Waals surface area contributed by atoms with Crippen LogP contribution in [0.1, 0.15) is 32.1 Å². The fourth-order valence-electron chi connectivity index (χ4n) is 2.24. The molecule has 0 unspecified atom stereocenters. The van der Waals surface area contributed by atoms with Crippen LogP contribution in [0.25, 0.3) is 0 Å². The number of carbonyl (C=O) groups excluding carboxylic acids is 1. The van der Waals surface area contributed by atoms with Crippen LogP contribution in [0, 0.1) is 5.41 Å². The van der Waals surface area contributed by atoms with Crippen molar-refractivity contribution in [3.8, 4) is 0 Å². The topological polar surface area (TPSA) is 75.4 Å². The lowest BCUT2D eigenvalue weighted by atomic mass is 9.83. The SMILES string of the molecule is NCC(=O)NCC1(CCO)CCCC1. The maximum atomic E-state index is 11.0. The zero-order valence-corrected chi connectivity index (χ0v) is 8.59. The molecule has 0 radical (unpaired) electrons. The highest BCUT2D eigenvalue weighted by atomic mass is 16.3. The highest BCUT2D eigenvalue weighted by molar-refractivity contribution is 5.77. The van der Waals surface area contributed by atoms with Gasteiger partial charge in [0.1, 0.15) is 0 Å². The van der Waals surface area contributed by atoms with Gasteiger partial charge in [0.25, 0.3) is 0 Å². The Morgan fingerprint density at radius 1 is 1.43 bits per heavy atom. The molecule has 1 rings (SSSR count). The second-order valence-electron chi connectivity index (χ2n) is 4.16. The molecule has 0 spiro atoms. The van der Waals surface area contributed by atoms with E-state index in [0.717, 1.165) is 19.3 Å². The third-order valence-electron chi connectivity index (χ3n) is 3.15. The van der Waals surface area contributed by atoms with Gasteiger partial charge >= 0.3 is 0 Å². The van der Waals surface area contributed by atoms with Gasteiger partial charge in [0.2, 0.25) is 5.91 Å². The molecule has 0 heterocycles. The van der Waals surface area contributed by atoms with Gasteiger partial charge in [-0.1, -0.05) is 12.8 Å². The molecule has 1 aliphatic rings. The van der Waals surface area contributed by atoms with Crippen LogP contribution < -0.4 is 11.1 Å². The first-order valence-corrected chi connectivity index (χ1v) is 5.30. The zero-order chi connectivity index (χ0) is 10.4. The Kier molecular flexibility index (Phi) is 4.35. The van der Waals surface area contributed by atoms with E-state index in [1.807, 2.05) is 0 Å². The lowest BCUT2D eigenvalue weighted by Gasteiger charge is -2.28. The van der Waals surface area contributed by atoms with Crippen LogP contribution >= 0.6 is 0 Å². The summed E-state index contributed by atoms with van der Waals surface area (Å²) >= 11 is 0. The summed E-state index contributed by atoms with van der Waals surface area (Å²) < 4.78 is 0. The smallest absolute Gasteiger partial charge is 0.233 e. The molecule has 1 amide bonds. The molecule has 0 aromatic rings. The minimum absolute atomic E-state index is 0.0508. The molecule has 14 heavy (non-hydrogen) atoms. The van der Waals surface area contributed by atoms with E-state index in [2.05, 4.69) is 5.32 Å². The first-order chi connectivity index (χ1) is 6.72. The molecule has 4 heteroatoms. The Balaban J connectivity index is 2.39. The van der Waals surface area contributed by atoms with Crippen molar-refractivity contribution in [1.82, 2.24) is 5.32 Å². The summed E-state index contributed by atoms with van der Waals surface area (Å²) in [7, 11) is 0. The van der Waals surface area contributed by atoms with Crippen molar-refractivity contribution in [2.75, 3.05) is 19.7 Å². The number of nitrogens with two attached hydrogens (primary N) is 1. The summed E-state index contributed by atoms with van der Waals surface area (Å²) in [5.74, 6) is -0.103. The third-order valence-corrected chi connectivity index (χ3v) is 3.15. The number of hydrogen-bond acceptors (Lipinski definition) is 3. The van der Waals surface area contributed by atoms with Crippen molar-refractivity contribution < 1.29 is 9.90 Å². The molecule has 1 saturated carbocycles. The second kappa shape index (κ2) is 5.32. The molecule has 82 valence electrons. The van der Waals surface area contributed by atoms with E-state index in [0.29, 0.717) is 6.54 Å². The number of hydrogen-bond donors (Lipinski definition) is 3. The highest BCUT2D eigenvalue weighted by Gasteiger charge is 2.33. The number of amides is 1.